The van der Waals surface area contributed by atoms with Crippen molar-refractivity contribution in [3.05, 3.63) is 29.8 Å². The van der Waals surface area contributed by atoms with Gasteiger partial charge in [0.15, 0.2) is 5.96 Å². The van der Waals surface area contributed by atoms with E-state index in [2.05, 4.69) is 17.2 Å². The number of halogens is 1. The SMILES string of the molecule is Cc1ccc(OCCN(C)C(=NCC(=O)N(C)C)NCC2CCCCO2)cc1.I. The summed E-state index contributed by atoms with van der Waals surface area (Å²) >= 11 is 0. The van der Waals surface area contributed by atoms with E-state index in [1.165, 1.54) is 12.0 Å². The Balaban J connectivity index is 0.00000420. The van der Waals surface area contributed by atoms with Crippen LogP contribution in [0.2, 0.25) is 0 Å². The first-order valence-electron chi connectivity index (χ1n) is 9.96. The number of ether oxygens (including phenoxy) is 2. The number of benzene rings is 1. The highest BCUT2D eigenvalue weighted by Crippen LogP contribution is 2.12. The second-order valence-corrected chi connectivity index (χ2v) is 7.38. The lowest BCUT2D eigenvalue weighted by Gasteiger charge is -2.27. The van der Waals surface area contributed by atoms with E-state index in [-0.39, 0.29) is 42.5 Å². The molecule has 1 unspecified atom stereocenters. The highest BCUT2D eigenvalue weighted by molar-refractivity contribution is 14.0. The zero-order valence-electron chi connectivity index (χ0n) is 18.0. The van der Waals surface area contributed by atoms with Gasteiger partial charge in [-0.2, -0.15) is 0 Å². The molecule has 1 atom stereocenters. The fourth-order valence-corrected chi connectivity index (χ4v) is 2.81. The Hall–Kier alpha value is -1.55. The van der Waals surface area contributed by atoms with Crippen molar-refractivity contribution in [3.8, 4) is 5.75 Å². The van der Waals surface area contributed by atoms with E-state index in [1.54, 1.807) is 19.0 Å². The Bertz CT molecular complexity index is 631. The highest BCUT2D eigenvalue weighted by atomic mass is 127. The Morgan fingerprint density at radius 2 is 1.97 bits per heavy atom. The summed E-state index contributed by atoms with van der Waals surface area (Å²) in [4.78, 5) is 20.0. The molecule has 1 saturated heterocycles. The summed E-state index contributed by atoms with van der Waals surface area (Å²) < 4.78 is 11.6. The molecule has 29 heavy (non-hydrogen) atoms. The van der Waals surface area contributed by atoms with Gasteiger partial charge in [0.25, 0.3) is 0 Å². The molecule has 1 aliphatic rings. The van der Waals surface area contributed by atoms with Gasteiger partial charge in [-0.15, -0.1) is 24.0 Å². The Labute approximate surface area is 191 Å². The topological polar surface area (TPSA) is 66.4 Å². The van der Waals surface area contributed by atoms with Crippen molar-refractivity contribution in [2.45, 2.75) is 32.3 Å². The number of nitrogens with zero attached hydrogens (tertiary/aromatic N) is 3. The zero-order chi connectivity index (χ0) is 20.4. The number of hydrogen-bond donors (Lipinski definition) is 1. The van der Waals surface area contributed by atoms with E-state index < -0.39 is 0 Å². The van der Waals surface area contributed by atoms with E-state index >= 15 is 0 Å². The molecule has 0 radical (unpaired) electrons. The summed E-state index contributed by atoms with van der Waals surface area (Å²) in [7, 11) is 5.42. The first-order valence-corrected chi connectivity index (χ1v) is 9.96. The number of guanidine groups is 1. The number of carbonyl (C=O) groups is 1. The largest absolute Gasteiger partial charge is 0.492 e. The number of aliphatic imine (C=N–C) groups is 1. The maximum absolute atomic E-state index is 11.9. The molecule has 1 aliphatic heterocycles. The molecule has 1 fully saturated rings. The maximum atomic E-state index is 11.9. The zero-order valence-corrected chi connectivity index (χ0v) is 20.3. The van der Waals surface area contributed by atoms with Crippen LogP contribution in [0.1, 0.15) is 24.8 Å². The van der Waals surface area contributed by atoms with E-state index in [1.807, 2.05) is 36.2 Å². The predicted octanol–water partition coefficient (Wildman–Crippen LogP) is 2.53. The van der Waals surface area contributed by atoms with Crippen molar-refractivity contribution in [1.82, 2.24) is 15.1 Å². The molecule has 0 saturated carbocycles. The van der Waals surface area contributed by atoms with Crippen molar-refractivity contribution in [2.75, 3.05) is 54.0 Å². The molecule has 1 aromatic carbocycles. The van der Waals surface area contributed by atoms with E-state index in [0.717, 1.165) is 25.2 Å². The molecule has 0 bridgehead atoms. The van der Waals surface area contributed by atoms with E-state index in [9.17, 15) is 4.79 Å². The number of nitrogens with one attached hydrogen (secondary N) is 1. The molecule has 7 nitrogen and oxygen atoms in total. The first kappa shape index (κ1) is 25.5. The summed E-state index contributed by atoms with van der Waals surface area (Å²) in [5.41, 5.74) is 1.21. The fourth-order valence-electron chi connectivity index (χ4n) is 2.81. The second kappa shape index (κ2) is 13.6. The lowest BCUT2D eigenvalue weighted by atomic mass is 10.1. The van der Waals surface area contributed by atoms with Crippen LogP contribution < -0.4 is 10.1 Å². The third-order valence-corrected chi connectivity index (χ3v) is 4.70. The van der Waals surface area contributed by atoms with Crippen LogP contribution >= 0.6 is 24.0 Å². The standard InChI is InChI=1S/C21H34N4O3.HI/c1-17-8-10-18(11-9-17)28-14-12-25(4)21(23-16-20(26)24(2)3)22-15-19-7-5-6-13-27-19;/h8-11,19H,5-7,12-16H2,1-4H3,(H,22,23);1H. The van der Waals surface area contributed by atoms with Gasteiger partial charge in [-0.25, -0.2) is 4.99 Å². The minimum atomic E-state index is -0.0301. The van der Waals surface area contributed by atoms with Crippen molar-refractivity contribution in [3.63, 3.8) is 0 Å². The molecule has 1 aromatic rings. The van der Waals surface area contributed by atoms with Gasteiger partial charge in [-0.3, -0.25) is 4.79 Å². The average molecular weight is 518 g/mol. The summed E-state index contributed by atoms with van der Waals surface area (Å²) in [5, 5.41) is 3.36. The number of rotatable bonds is 8. The molecule has 1 heterocycles. The van der Waals surface area contributed by atoms with Crippen LogP contribution in [0.5, 0.6) is 5.75 Å². The number of amides is 1. The van der Waals surface area contributed by atoms with Crippen LogP contribution in [-0.4, -0.2) is 81.8 Å². The quantitative estimate of drug-likeness (QED) is 0.326. The molecule has 8 heteroatoms. The first-order chi connectivity index (χ1) is 13.5. The molecule has 1 amide bonds. The van der Waals surface area contributed by atoms with Gasteiger partial charge < -0.3 is 24.6 Å². The Morgan fingerprint density at radius 1 is 1.24 bits per heavy atom. The summed E-state index contributed by atoms with van der Waals surface area (Å²) in [6, 6.07) is 8.01. The summed E-state index contributed by atoms with van der Waals surface area (Å²) in [6.45, 7) is 4.86. The van der Waals surface area contributed by atoms with Gasteiger partial charge in [0.2, 0.25) is 5.91 Å². The van der Waals surface area contributed by atoms with Gasteiger partial charge in [0.05, 0.1) is 12.6 Å². The molecule has 0 spiro atoms. The summed E-state index contributed by atoms with van der Waals surface area (Å²) in [5.74, 6) is 1.51. The van der Waals surface area contributed by atoms with Crippen molar-refractivity contribution in [1.29, 1.82) is 0 Å². The molecule has 0 aromatic heterocycles. The van der Waals surface area contributed by atoms with Gasteiger partial charge in [-0.05, 0) is 38.3 Å². The molecule has 0 aliphatic carbocycles. The highest BCUT2D eigenvalue weighted by Gasteiger charge is 2.16. The van der Waals surface area contributed by atoms with E-state index in [0.29, 0.717) is 25.7 Å². The molecular weight excluding hydrogens is 483 g/mol. The molecular formula is C21H35IN4O3. The number of hydrogen-bond acceptors (Lipinski definition) is 4. The molecule has 164 valence electrons. The number of aryl methyl sites for hydroxylation is 1. The van der Waals surface area contributed by atoms with Crippen molar-refractivity contribution in [2.24, 2.45) is 4.99 Å². The number of carbonyl (C=O) groups excluding carboxylic acids is 1. The minimum Gasteiger partial charge on any atom is -0.492 e. The van der Waals surface area contributed by atoms with Gasteiger partial charge in [0, 0.05) is 34.3 Å². The van der Waals surface area contributed by atoms with Crippen LogP contribution in [0, 0.1) is 6.92 Å². The third kappa shape index (κ3) is 9.66. The third-order valence-electron chi connectivity index (χ3n) is 4.70. The van der Waals surface area contributed by atoms with Crippen LogP contribution in [-0.2, 0) is 9.53 Å². The second-order valence-electron chi connectivity index (χ2n) is 7.38. The van der Waals surface area contributed by atoms with Gasteiger partial charge >= 0.3 is 0 Å². The average Bonchev–Trinajstić information content (AvgIpc) is 2.69. The fraction of sp³-hybridized carbons (Fsp3) is 0.619. The van der Waals surface area contributed by atoms with Crippen molar-refractivity contribution < 1.29 is 14.3 Å². The van der Waals surface area contributed by atoms with Gasteiger partial charge in [0.1, 0.15) is 18.9 Å². The molecule has 1 N–H and O–H groups in total. The van der Waals surface area contributed by atoms with Gasteiger partial charge in [-0.1, -0.05) is 17.7 Å². The van der Waals surface area contributed by atoms with Crippen LogP contribution in [0.3, 0.4) is 0 Å². The van der Waals surface area contributed by atoms with Crippen LogP contribution in [0.15, 0.2) is 29.3 Å². The minimum absolute atomic E-state index is 0. The Morgan fingerprint density at radius 3 is 2.59 bits per heavy atom. The smallest absolute Gasteiger partial charge is 0.243 e. The van der Waals surface area contributed by atoms with E-state index in [4.69, 9.17) is 9.47 Å². The lowest BCUT2D eigenvalue weighted by Crippen LogP contribution is -2.45. The van der Waals surface area contributed by atoms with Crippen molar-refractivity contribution >= 4 is 35.8 Å². The predicted molar refractivity (Wildman–Crippen MR) is 127 cm³/mol. The van der Waals surface area contributed by atoms with Crippen LogP contribution in [0.25, 0.3) is 0 Å². The molecule has 2 rings (SSSR count). The lowest BCUT2D eigenvalue weighted by molar-refractivity contribution is -0.127. The number of likely N-dealkylation sites (N-methyl/N-ethyl adjacent to an activating group) is 2. The normalized spacial score (nSPS) is 16.6. The Kier molecular flexibility index (Phi) is 12.0. The monoisotopic (exact) mass is 518 g/mol. The van der Waals surface area contributed by atoms with Crippen LogP contribution in [0.4, 0.5) is 0 Å². The maximum Gasteiger partial charge on any atom is 0.243 e. The summed E-state index contributed by atoms with van der Waals surface area (Å²) in [6.07, 6.45) is 3.57.